The first-order chi connectivity index (χ1) is 14.7. The lowest BCUT2D eigenvalue weighted by molar-refractivity contribution is -0.138. The van der Waals surface area contributed by atoms with E-state index in [0.29, 0.717) is 13.2 Å². The Hall–Kier alpha value is -1.58. The highest BCUT2D eigenvalue weighted by atomic mass is 16.5. The maximum atomic E-state index is 11.6. The Bertz CT molecular complexity index is 412. The van der Waals surface area contributed by atoms with E-state index in [4.69, 9.17) is 9.47 Å². The van der Waals surface area contributed by atoms with Crippen LogP contribution in [0, 0.1) is 0 Å². The fourth-order valence-corrected chi connectivity index (χ4v) is 3.18. The summed E-state index contributed by atoms with van der Waals surface area (Å²) in [6.07, 6.45) is 25.2. The van der Waals surface area contributed by atoms with Crippen LogP contribution in [0.3, 0.4) is 0 Å². The molecule has 0 N–H and O–H groups in total. The van der Waals surface area contributed by atoms with Gasteiger partial charge in [0.05, 0.1) is 13.2 Å². The number of esters is 2. The third kappa shape index (κ3) is 22.7. The van der Waals surface area contributed by atoms with Crippen molar-refractivity contribution in [2.45, 2.75) is 117 Å². The predicted octanol–water partition coefficient (Wildman–Crippen LogP) is 7.47. The number of unbranched alkanes of at least 4 members (excludes halogenated alkanes) is 14. The molecule has 0 atom stereocenters. The van der Waals surface area contributed by atoms with Crippen LogP contribution >= 0.6 is 0 Å². The summed E-state index contributed by atoms with van der Waals surface area (Å²) in [5, 5.41) is 0. The van der Waals surface area contributed by atoms with E-state index >= 15 is 0 Å². The van der Waals surface area contributed by atoms with Crippen molar-refractivity contribution in [1.82, 2.24) is 0 Å². The molecule has 0 radical (unpaired) electrons. The molecular formula is C26H46O4. The molecule has 0 heterocycles. The summed E-state index contributed by atoms with van der Waals surface area (Å²) < 4.78 is 10.3. The Labute approximate surface area is 185 Å². The molecule has 4 nitrogen and oxygen atoms in total. The van der Waals surface area contributed by atoms with Crippen molar-refractivity contribution in [2.24, 2.45) is 0 Å². The summed E-state index contributed by atoms with van der Waals surface area (Å²) in [7, 11) is 0. The fourth-order valence-electron chi connectivity index (χ4n) is 3.18. The van der Waals surface area contributed by atoms with E-state index in [0.717, 1.165) is 25.7 Å². The molecule has 0 spiro atoms. The lowest BCUT2D eigenvalue weighted by Crippen LogP contribution is -2.03. The molecule has 0 saturated heterocycles. The van der Waals surface area contributed by atoms with Crippen molar-refractivity contribution >= 4 is 11.9 Å². The molecule has 0 aliphatic rings. The first kappa shape index (κ1) is 28.4. The van der Waals surface area contributed by atoms with Gasteiger partial charge in [-0.2, -0.15) is 0 Å². The minimum atomic E-state index is -0.366. The van der Waals surface area contributed by atoms with Crippen LogP contribution in [0.25, 0.3) is 0 Å². The summed E-state index contributed by atoms with van der Waals surface area (Å²) in [6.45, 7) is 5.37. The van der Waals surface area contributed by atoms with Crippen LogP contribution in [0.5, 0.6) is 0 Å². The van der Waals surface area contributed by atoms with Gasteiger partial charge in [0.2, 0.25) is 0 Å². The van der Waals surface area contributed by atoms with Crippen molar-refractivity contribution in [1.29, 1.82) is 0 Å². The van der Waals surface area contributed by atoms with E-state index in [1.165, 1.54) is 101 Å². The fraction of sp³-hybridized carbons (Fsp3) is 0.769. The number of carbonyl (C=O) groups is 2. The van der Waals surface area contributed by atoms with Gasteiger partial charge in [0.25, 0.3) is 0 Å². The molecule has 4 heteroatoms. The van der Waals surface area contributed by atoms with Crippen LogP contribution in [0.1, 0.15) is 117 Å². The van der Waals surface area contributed by atoms with E-state index in [9.17, 15) is 9.59 Å². The van der Waals surface area contributed by atoms with Gasteiger partial charge in [-0.3, -0.25) is 0 Å². The minimum Gasteiger partial charge on any atom is -0.463 e. The Morgan fingerprint density at radius 2 is 0.800 bits per heavy atom. The summed E-state index contributed by atoms with van der Waals surface area (Å²) in [5.41, 5.74) is 0. The standard InChI is InChI=1S/C26H46O4/c1-3-5-7-9-11-13-15-19-23-29-25(27)21-17-18-22-26(28)30-24-20-16-14-12-10-8-6-4-2/h17-18,21-22H,3-16,19-20,23-24H2,1-2H3/b21-17+,22-18+. The Morgan fingerprint density at radius 3 is 1.13 bits per heavy atom. The molecule has 0 fully saturated rings. The number of hydrogen-bond acceptors (Lipinski definition) is 4. The monoisotopic (exact) mass is 422 g/mol. The first-order valence-electron chi connectivity index (χ1n) is 12.4. The number of carbonyl (C=O) groups excluding carboxylic acids is 2. The van der Waals surface area contributed by atoms with Crippen LogP contribution in [0.4, 0.5) is 0 Å². The molecule has 0 aromatic heterocycles. The predicted molar refractivity (Wildman–Crippen MR) is 125 cm³/mol. The van der Waals surface area contributed by atoms with E-state index in [1.807, 2.05) is 0 Å². The molecule has 0 aliphatic heterocycles. The number of hydrogen-bond donors (Lipinski definition) is 0. The zero-order valence-corrected chi connectivity index (χ0v) is 19.7. The highest BCUT2D eigenvalue weighted by Crippen LogP contribution is 2.09. The van der Waals surface area contributed by atoms with Gasteiger partial charge in [-0.1, -0.05) is 116 Å². The van der Waals surface area contributed by atoms with Gasteiger partial charge in [-0.05, 0) is 12.8 Å². The molecule has 0 bridgehead atoms. The van der Waals surface area contributed by atoms with Crippen LogP contribution in [0.2, 0.25) is 0 Å². The van der Waals surface area contributed by atoms with E-state index < -0.39 is 0 Å². The topological polar surface area (TPSA) is 52.6 Å². The molecule has 0 saturated carbocycles. The average molecular weight is 423 g/mol. The molecule has 0 amide bonds. The molecule has 0 aliphatic carbocycles. The van der Waals surface area contributed by atoms with Gasteiger partial charge in [0.1, 0.15) is 0 Å². The Balaban J connectivity index is 3.51. The molecule has 174 valence electrons. The summed E-state index contributed by atoms with van der Waals surface area (Å²) in [5.74, 6) is -0.732. The van der Waals surface area contributed by atoms with Crippen molar-refractivity contribution in [3.8, 4) is 0 Å². The minimum absolute atomic E-state index is 0.366. The van der Waals surface area contributed by atoms with Gasteiger partial charge in [-0.25, -0.2) is 9.59 Å². The Morgan fingerprint density at radius 1 is 0.500 bits per heavy atom. The second-order valence-electron chi connectivity index (χ2n) is 8.00. The third-order valence-electron chi connectivity index (χ3n) is 5.06. The zero-order valence-electron chi connectivity index (χ0n) is 19.7. The highest BCUT2D eigenvalue weighted by molar-refractivity contribution is 5.84. The molecule has 0 rings (SSSR count). The second-order valence-corrected chi connectivity index (χ2v) is 8.00. The van der Waals surface area contributed by atoms with Crippen molar-refractivity contribution in [3.63, 3.8) is 0 Å². The van der Waals surface area contributed by atoms with E-state index in [1.54, 1.807) is 0 Å². The lowest BCUT2D eigenvalue weighted by atomic mass is 10.1. The van der Waals surface area contributed by atoms with Crippen LogP contribution < -0.4 is 0 Å². The maximum absolute atomic E-state index is 11.6. The summed E-state index contributed by atoms with van der Waals surface area (Å²) >= 11 is 0. The van der Waals surface area contributed by atoms with Gasteiger partial charge >= 0.3 is 11.9 Å². The van der Waals surface area contributed by atoms with E-state index in [-0.39, 0.29) is 11.9 Å². The Kier molecular flexibility index (Phi) is 22.4. The number of allylic oxidation sites excluding steroid dienone is 2. The average Bonchev–Trinajstić information content (AvgIpc) is 2.74. The zero-order chi connectivity index (χ0) is 22.1. The smallest absolute Gasteiger partial charge is 0.330 e. The second kappa shape index (κ2) is 23.7. The van der Waals surface area contributed by atoms with Crippen molar-refractivity contribution in [3.05, 3.63) is 24.3 Å². The van der Waals surface area contributed by atoms with Gasteiger partial charge in [0, 0.05) is 12.2 Å². The molecular weight excluding hydrogens is 376 g/mol. The largest absolute Gasteiger partial charge is 0.463 e. The normalized spacial score (nSPS) is 11.4. The summed E-state index contributed by atoms with van der Waals surface area (Å²) in [4.78, 5) is 23.2. The van der Waals surface area contributed by atoms with Crippen LogP contribution in [0.15, 0.2) is 24.3 Å². The SMILES string of the molecule is CCCCCCCCCCOC(=O)/C=C/C=C/C(=O)OCCCCCCCCCC. The van der Waals surface area contributed by atoms with Crippen LogP contribution in [-0.2, 0) is 19.1 Å². The molecule has 0 aromatic carbocycles. The number of rotatable bonds is 21. The highest BCUT2D eigenvalue weighted by Gasteiger charge is 1.98. The van der Waals surface area contributed by atoms with Gasteiger partial charge < -0.3 is 9.47 Å². The van der Waals surface area contributed by atoms with Crippen LogP contribution in [-0.4, -0.2) is 25.2 Å². The first-order valence-corrected chi connectivity index (χ1v) is 12.4. The summed E-state index contributed by atoms with van der Waals surface area (Å²) in [6, 6.07) is 0. The van der Waals surface area contributed by atoms with Crippen molar-refractivity contribution < 1.29 is 19.1 Å². The van der Waals surface area contributed by atoms with Gasteiger partial charge in [0.15, 0.2) is 0 Å². The lowest BCUT2D eigenvalue weighted by Gasteiger charge is -2.03. The number of ether oxygens (including phenoxy) is 2. The van der Waals surface area contributed by atoms with Crippen molar-refractivity contribution in [2.75, 3.05) is 13.2 Å². The quantitative estimate of drug-likeness (QED) is 0.0833. The maximum Gasteiger partial charge on any atom is 0.330 e. The van der Waals surface area contributed by atoms with Gasteiger partial charge in [-0.15, -0.1) is 0 Å². The third-order valence-corrected chi connectivity index (χ3v) is 5.06. The molecule has 0 aromatic rings. The molecule has 0 unspecified atom stereocenters. The molecule has 30 heavy (non-hydrogen) atoms. The van der Waals surface area contributed by atoms with E-state index in [2.05, 4.69) is 13.8 Å².